The number of hydrogen-bond acceptors (Lipinski definition) is 5. The molecule has 6 nitrogen and oxygen atoms in total. The minimum Gasteiger partial charge on any atom is -0.502 e. The maximum atomic E-state index is 13.2. The van der Waals surface area contributed by atoms with Crippen LogP contribution < -0.4 is 14.8 Å². The molecular formula is C22H34N2O4. The van der Waals surface area contributed by atoms with Crippen LogP contribution in [0.2, 0.25) is 0 Å². The second kappa shape index (κ2) is 9.71. The standard InChI is InChI=1S/C22H34N2O4/c1-7-9-17(16-12-18(27-5)21(25)19(13-16)28-6)23-20(14(2)3)22(26)24-11-8-10-15(24)4/h9,12-15,20,23,25H,7-8,10-11H2,1-6H3/b17-9+/t15-,20?/m1/s1. The molecule has 1 fully saturated rings. The van der Waals surface area contributed by atoms with Crippen LogP contribution in [0, 0.1) is 5.92 Å². The molecule has 1 aromatic rings. The number of benzene rings is 1. The lowest BCUT2D eigenvalue weighted by atomic mass is 10.00. The Balaban J connectivity index is 2.37. The molecule has 1 amide bonds. The number of phenolic OH excluding ortho intramolecular Hbond substituents is 1. The maximum Gasteiger partial charge on any atom is 0.245 e. The summed E-state index contributed by atoms with van der Waals surface area (Å²) >= 11 is 0. The molecule has 1 aliphatic heterocycles. The van der Waals surface area contributed by atoms with Crippen molar-refractivity contribution in [3.8, 4) is 17.2 Å². The highest BCUT2D eigenvalue weighted by atomic mass is 16.5. The smallest absolute Gasteiger partial charge is 0.245 e. The van der Waals surface area contributed by atoms with Crippen LogP contribution in [0.5, 0.6) is 17.2 Å². The fraction of sp³-hybridized carbons (Fsp3) is 0.591. The second-order valence-electron chi connectivity index (χ2n) is 7.64. The van der Waals surface area contributed by atoms with Crippen LogP contribution in [-0.4, -0.2) is 48.8 Å². The summed E-state index contributed by atoms with van der Waals surface area (Å²) in [7, 11) is 3.01. The first-order valence-corrected chi connectivity index (χ1v) is 10.1. The molecule has 1 heterocycles. The Morgan fingerprint density at radius 3 is 2.36 bits per heavy atom. The first-order chi connectivity index (χ1) is 13.3. The summed E-state index contributed by atoms with van der Waals surface area (Å²) in [5.74, 6) is 0.894. The van der Waals surface area contributed by atoms with Crippen LogP contribution in [0.3, 0.4) is 0 Å². The predicted octanol–water partition coefficient (Wildman–Crippen LogP) is 3.79. The Bertz CT molecular complexity index is 689. The zero-order chi connectivity index (χ0) is 20.8. The highest BCUT2D eigenvalue weighted by molar-refractivity contribution is 5.85. The molecule has 2 rings (SSSR count). The van der Waals surface area contributed by atoms with Crippen LogP contribution >= 0.6 is 0 Å². The van der Waals surface area contributed by atoms with Gasteiger partial charge in [-0.1, -0.05) is 26.8 Å². The lowest BCUT2D eigenvalue weighted by Gasteiger charge is -2.31. The minimum atomic E-state index is -0.329. The van der Waals surface area contributed by atoms with Crippen molar-refractivity contribution in [2.24, 2.45) is 5.92 Å². The Labute approximate surface area is 168 Å². The summed E-state index contributed by atoms with van der Waals surface area (Å²) in [5.41, 5.74) is 1.64. The van der Waals surface area contributed by atoms with E-state index in [0.29, 0.717) is 11.5 Å². The van der Waals surface area contributed by atoms with Gasteiger partial charge in [-0.25, -0.2) is 0 Å². The number of ether oxygens (including phenoxy) is 2. The predicted molar refractivity (Wildman–Crippen MR) is 112 cm³/mol. The Morgan fingerprint density at radius 1 is 1.32 bits per heavy atom. The zero-order valence-corrected chi connectivity index (χ0v) is 17.9. The summed E-state index contributed by atoms with van der Waals surface area (Å²) in [6, 6.07) is 3.46. The minimum absolute atomic E-state index is 0.0352. The van der Waals surface area contributed by atoms with E-state index in [0.717, 1.165) is 37.1 Å². The summed E-state index contributed by atoms with van der Waals surface area (Å²) in [6.45, 7) is 9.08. The first-order valence-electron chi connectivity index (χ1n) is 10.1. The summed E-state index contributed by atoms with van der Waals surface area (Å²) in [6.07, 6.45) is 4.95. The molecular weight excluding hydrogens is 356 g/mol. The van der Waals surface area contributed by atoms with Gasteiger partial charge in [-0.05, 0) is 44.2 Å². The Kier molecular flexibility index (Phi) is 7.61. The van der Waals surface area contributed by atoms with E-state index in [1.807, 2.05) is 17.9 Å². The number of nitrogens with zero attached hydrogens (tertiary/aromatic N) is 1. The number of hydrogen-bond donors (Lipinski definition) is 2. The van der Waals surface area contributed by atoms with Gasteiger partial charge in [-0.2, -0.15) is 0 Å². The van der Waals surface area contributed by atoms with Crippen LogP contribution in [0.1, 0.15) is 52.5 Å². The summed E-state index contributed by atoms with van der Waals surface area (Å²) in [5, 5.41) is 13.7. The molecule has 0 spiro atoms. The van der Waals surface area contributed by atoms with E-state index in [4.69, 9.17) is 9.47 Å². The van der Waals surface area contributed by atoms with Gasteiger partial charge >= 0.3 is 0 Å². The van der Waals surface area contributed by atoms with Gasteiger partial charge in [-0.15, -0.1) is 0 Å². The van der Waals surface area contributed by atoms with Gasteiger partial charge in [0.05, 0.1) is 14.2 Å². The molecule has 156 valence electrons. The monoisotopic (exact) mass is 390 g/mol. The molecule has 1 aliphatic rings. The van der Waals surface area contributed by atoms with E-state index in [1.54, 1.807) is 12.1 Å². The number of amides is 1. The fourth-order valence-corrected chi connectivity index (χ4v) is 3.63. The van der Waals surface area contributed by atoms with Crippen LogP contribution in [-0.2, 0) is 4.79 Å². The molecule has 0 aliphatic carbocycles. The highest BCUT2D eigenvalue weighted by Gasteiger charge is 2.33. The number of phenols is 1. The first kappa shape index (κ1) is 21.9. The number of carbonyl (C=O) groups excluding carboxylic acids is 1. The van der Waals surface area contributed by atoms with Crippen molar-refractivity contribution < 1.29 is 19.4 Å². The number of allylic oxidation sites excluding steroid dienone is 1. The van der Waals surface area contributed by atoms with E-state index >= 15 is 0 Å². The number of carbonyl (C=O) groups is 1. The van der Waals surface area contributed by atoms with E-state index in [2.05, 4.69) is 26.1 Å². The van der Waals surface area contributed by atoms with Gasteiger partial charge < -0.3 is 24.8 Å². The average molecular weight is 391 g/mol. The van der Waals surface area contributed by atoms with Gasteiger partial charge in [0, 0.05) is 23.8 Å². The molecule has 1 aromatic carbocycles. The van der Waals surface area contributed by atoms with Crippen molar-refractivity contribution in [2.45, 2.75) is 59.0 Å². The lowest BCUT2D eigenvalue weighted by molar-refractivity contribution is -0.134. The van der Waals surface area contributed by atoms with Crippen molar-refractivity contribution in [3.63, 3.8) is 0 Å². The summed E-state index contributed by atoms with van der Waals surface area (Å²) in [4.78, 5) is 15.2. The topological polar surface area (TPSA) is 71.0 Å². The van der Waals surface area contributed by atoms with E-state index in [9.17, 15) is 9.90 Å². The molecule has 2 atom stereocenters. The molecule has 0 aromatic heterocycles. The van der Waals surface area contributed by atoms with Crippen LogP contribution in [0.25, 0.3) is 5.70 Å². The van der Waals surface area contributed by atoms with E-state index in [1.165, 1.54) is 14.2 Å². The molecule has 1 unspecified atom stereocenters. The van der Waals surface area contributed by atoms with E-state index < -0.39 is 0 Å². The quantitative estimate of drug-likeness (QED) is 0.707. The molecule has 0 radical (unpaired) electrons. The maximum absolute atomic E-state index is 13.2. The van der Waals surface area contributed by atoms with Gasteiger partial charge in [0.15, 0.2) is 11.5 Å². The third-order valence-corrected chi connectivity index (χ3v) is 5.28. The van der Waals surface area contributed by atoms with Gasteiger partial charge in [0.25, 0.3) is 0 Å². The SMILES string of the molecule is CC/C=C(/NC(C(=O)N1CCC[C@H]1C)C(C)C)c1cc(OC)c(O)c(OC)c1. The molecule has 1 saturated heterocycles. The lowest BCUT2D eigenvalue weighted by Crippen LogP contribution is -2.49. The molecule has 28 heavy (non-hydrogen) atoms. The Hall–Kier alpha value is -2.37. The fourth-order valence-electron chi connectivity index (χ4n) is 3.63. The average Bonchev–Trinajstić information content (AvgIpc) is 3.10. The second-order valence-corrected chi connectivity index (χ2v) is 7.64. The van der Waals surface area contributed by atoms with Crippen molar-refractivity contribution in [3.05, 3.63) is 23.8 Å². The van der Waals surface area contributed by atoms with E-state index in [-0.39, 0.29) is 29.7 Å². The largest absolute Gasteiger partial charge is 0.502 e. The third-order valence-electron chi connectivity index (χ3n) is 5.28. The van der Waals surface area contributed by atoms with Crippen LogP contribution in [0.4, 0.5) is 0 Å². The molecule has 0 saturated carbocycles. The number of methoxy groups -OCH3 is 2. The van der Waals surface area contributed by atoms with Crippen molar-refractivity contribution in [1.82, 2.24) is 10.2 Å². The van der Waals surface area contributed by atoms with Gasteiger partial charge in [0.2, 0.25) is 11.7 Å². The Morgan fingerprint density at radius 2 is 1.93 bits per heavy atom. The van der Waals surface area contributed by atoms with Crippen LogP contribution in [0.15, 0.2) is 18.2 Å². The number of aromatic hydroxyl groups is 1. The number of nitrogens with one attached hydrogen (secondary N) is 1. The van der Waals surface area contributed by atoms with Crippen molar-refractivity contribution >= 4 is 11.6 Å². The zero-order valence-electron chi connectivity index (χ0n) is 17.9. The normalized spacial score (nSPS) is 18.3. The van der Waals surface area contributed by atoms with Gasteiger partial charge in [0.1, 0.15) is 6.04 Å². The summed E-state index contributed by atoms with van der Waals surface area (Å²) < 4.78 is 10.6. The molecule has 0 bridgehead atoms. The van der Waals surface area contributed by atoms with Crippen molar-refractivity contribution in [1.29, 1.82) is 0 Å². The number of rotatable bonds is 8. The molecule has 6 heteroatoms. The molecule has 2 N–H and O–H groups in total. The van der Waals surface area contributed by atoms with Gasteiger partial charge in [-0.3, -0.25) is 4.79 Å². The highest BCUT2D eigenvalue weighted by Crippen LogP contribution is 2.38. The third kappa shape index (κ3) is 4.72. The number of likely N-dealkylation sites (tertiary alicyclic amines) is 1. The van der Waals surface area contributed by atoms with Crippen molar-refractivity contribution in [2.75, 3.05) is 20.8 Å².